The fourth-order valence-electron chi connectivity index (χ4n) is 3.85. The lowest BCUT2D eigenvalue weighted by Gasteiger charge is -2.33. The number of nitrogens with zero attached hydrogens (tertiary/aromatic N) is 5. The first-order chi connectivity index (χ1) is 13.1. The third-order valence-corrected chi connectivity index (χ3v) is 5.40. The second kappa shape index (κ2) is 10.8. The smallest absolute Gasteiger partial charge is 0.345 e. The first-order valence-corrected chi connectivity index (χ1v) is 9.84. The zero-order valence-corrected chi connectivity index (χ0v) is 19.1. The average molecular weight is 506 g/mol. The topological polar surface area (TPSA) is 93.8 Å². The summed E-state index contributed by atoms with van der Waals surface area (Å²) in [6, 6.07) is 0. The van der Waals surface area contributed by atoms with Crippen molar-refractivity contribution in [3.05, 3.63) is 16.3 Å². The molecule has 1 saturated heterocycles. The standard InChI is InChI=1S/C18H30N6O3.HI/c1-19-17(22-12-7-14(8-13-22)16(25)27-2)20-9-5-11-24-18(26)23-10-4-3-6-15(23)21-24;/h14H,3-13H2,1-2H3,(H,19,20);1H. The minimum Gasteiger partial charge on any atom is -0.469 e. The number of methoxy groups -OCH3 is 1. The number of fused-ring (bicyclic) bond motifs is 1. The van der Waals surface area contributed by atoms with Crippen molar-refractivity contribution in [2.75, 3.05) is 33.8 Å². The summed E-state index contributed by atoms with van der Waals surface area (Å²) in [4.78, 5) is 30.5. The molecule has 28 heavy (non-hydrogen) atoms. The van der Waals surface area contributed by atoms with Gasteiger partial charge in [0.05, 0.1) is 13.0 Å². The average Bonchev–Trinajstić information content (AvgIpc) is 3.03. The number of aromatic nitrogens is 3. The van der Waals surface area contributed by atoms with Gasteiger partial charge < -0.3 is 15.0 Å². The van der Waals surface area contributed by atoms with E-state index in [1.54, 1.807) is 16.3 Å². The molecule has 0 saturated carbocycles. The van der Waals surface area contributed by atoms with Crippen LogP contribution in [0.15, 0.2) is 9.79 Å². The van der Waals surface area contributed by atoms with E-state index >= 15 is 0 Å². The summed E-state index contributed by atoms with van der Waals surface area (Å²) in [6.45, 7) is 3.69. The molecule has 1 aromatic heterocycles. The molecule has 0 radical (unpaired) electrons. The number of hydrogen-bond donors (Lipinski definition) is 1. The molecule has 3 heterocycles. The predicted octanol–water partition coefficient (Wildman–Crippen LogP) is 0.850. The Morgan fingerprint density at radius 2 is 2.04 bits per heavy atom. The first-order valence-electron chi connectivity index (χ1n) is 9.84. The van der Waals surface area contributed by atoms with Crippen LogP contribution in [-0.4, -0.2) is 65.0 Å². The Morgan fingerprint density at radius 3 is 2.68 bits per heavy atom. The molecule has 1 N–H and O–H groups in total. The highest BCUT2D eigenvalue weighted by atomic mass is 127. The van der Waals surface area contributed by atoms with Gasteiger partial charge in [0.25, 0.3) is 0 Å². The molecule has 0 aromatic carbocycles. The van der Waals surface area contributed by atoms with Crippen LogP contribution in [0, 0.1) is 5.92 Å². The molecular weight excluding hydrogens is 475 g/mol. The van der Waals surface area contributed by atoms with Crippen LogP contribution in [0.5, 0.6) is 0 Å². The Morgan fingerprint density at radius 1 is 1.29 bits per heavy atom. The number of guanidine groups is 1. The molecule has 0 unspecified atom stereocenters. The number of aliphatic imine (C=N–C) groups is 1. The molecular formula is C18H31IN6O3. The summed E-state index contributed by atoms with van der Waals surface area (Å²) in [5, 5.41) is 7.82. The number of likely N-dealkylation sites (tertiary alicyclic amines) is 1. The van der Waals surface area contributed by atoms with Gasteiger partial charge in [-0.1, -0.05) is 0 Å². The summed E-state index contributed by atoms with van der Waals surface area (Å²) in [5.41, 5.74) is 0.0129. The van der Waals surface area contributed by atoms with Crippen molar-refractivity contribution >= 4 is 35.9 Å². The lowest BCUT2D eigenvalue weighted by Crippen LogP contribution is -2.47. The van der Waals surface area contributed by atoms with Gasteiger partial charge in [-0.15, -0.1) is 24.0 Å². The maximum Gasteiger partial charge on any atom is 0.345 e. The number of aryl methyl sites for hydroxylation is 2. The highest BCUT2D eigenvalue weighted by Gasteiger charge is 2.26. The van der Waals surface area contributed by atoms with Gasteiger partial charge in [0, 0.05) is 46.2 Å². The number of carbonyl (C=O) groups is 1. The maximum atomic E-state index is 12.3. The van der Waals surface area contributed by atoms with Crippen LogP contribution in [0.1, 0.15) is 37.9 Å². The van der Waals surface area contributed by atoms with E-state index < -0.39 is 0 Å². The Labute approximate surface area is 182 Å². The minimum atomic E-state index is -0.120. The van der Waals surface area contributed by atoms with E-state index in [0.29, 0.717) is 6.54 Å². The van der Waals surface area contributed by atoms with Crippen LogP contribution >= 0.6 is 24.0 Å². The number of halogens is 1. The summed E-state index contributed by atoms with van der Waals surface area (Å²) in [6.07, 6.45) is 5.43. The Bertz CT molecular complexity index is 736. The van der Waals surface area contributed by atoms with Crippen molar-refractivity contribution in [1.29, 1.82) is 0 Å². The van der Waals surface area contributed by atoms with Crippen LogP contribution in [0.25, 0.3) is 0 Å². The fourth-order valence-corrected chi connectivity index (χ4v) is 3.85. The molecule has 0 amide bonds. The molecule has 0 spiro atoms. The maximum absolute atomic E-state index is 12.3. The van der Waals surface area contributed by atoms with E-state index in [0.717, 1.165) is 76.5 Å². The predicted molar refractivity (Wildman–Crippen MR) is 117 cm³/mol. The number of nitrogens with one attached hydrogen (secondary N) is 1. The molecule has 2 aliphatic heterocycles. The number of rotatable bonds is 5. The van der Waals surface area contributed by atoms with Crippen LogP contribution in [0.2, 0.25) is 0 Å². The highest BCUT2D eigenvalue weighted by Crippen LogP contribution is 2.18. The second-order valence-electron chi connectivity index (χ2n) is 7.14. The minimum absolute atomic E-state index is 0. The zero-order valence-electron chi connectivity index (χ0n) is 16.7. The normalized spacial score (nSPS) is 17.6. The van der Waals surface area contributed by atoms with Crippen LogP contribution < -0.4 is 11.0 Å². The van der Waals surface area contributed by atoms with Gasteiger partial charge in [0.1, 0.15) is 5.82 Å². The number of hydrogen-bond acceptors (Lipinski definition) is 5. The Kier molecular flexibility index (Phi) is 8.77. The highest BCUT2D eigenvalue weighted by molar-refractivity contribution is 14.0. The van der Waals surface area contributed by atoms with E-state index in [9.17, 15) is 9.59 Å². The largest absolute Gasteiger partial charge is 0.469 e. The monoisotopic (exact) mass is 506 g/mol. The molecule has 3 rings (SSSR count). The summed E-state index contributed by atoms with van der Waals surface area (Å²) in [7, 11) is 3.21. The van der Waals surface area contributed by atoms with Crippen molar-refractivity contribution in [1.82, 2.24) is 24.6 Å². The SMILES string of the molecule is CN=C(NCCCn1nc2n(c1=O)CCCC2)N1CCC(C(=O)OC)CC1.I. The van der Waals surface area contributed by atoms with E-state index in [1.807, 2.05) is 0 Å². The van der Waals surface area contributed by atoms with Crippen molar-refractivity contribution in [2.24, 2.45) is 10.9 Å². The molecule has 0 aliphatic carbocycles. The van der Waals surface area contributed by atoms with Gasteiger partial charge in [0.15, 0.2) is 5.96 Å². The van der Waals surface area contributed by atoms with Gasteiger partial charge in [-0.2, -0.15) is 5.10 Å². The molecule has 9 nitrogen and oxygen atoms in total. The van der Waals surface area contributed by atoms with Gasteiger partial charge in [-0.25, -0.2) is 9.48 Å². The zero-order chi connectivity index (χ0) is 19.2. The van der Waals surface area contributed by atoms with Crippen LogP contribution in [0.4, 0.5) is 0 Å². The van der Waals surface area contributed by atoms with Crippen molar-refractivity contribution in [3.63, 3.8) is 0 Å². The number of esters is 1. The quantitative estimate of drug-likeness (QED) is 0.209. The molecule has 158 valence electrons. The lowest BCUT2D eigenvalue weighted by molar-refractivity contribution is -0.146. The molecule has 10 heteroatoms. The van der Waals surface area contributed by atoms with E-state index in [4.69, 9.17) is 4.74 Å². The van der Waals surface area contributed by atoms with E-state index in [1.165, 1.54) is 7.11 Å². The molecule has 0 atom stereocenters. The third-order valence-electron chi connectivity index (χ3n) is 5.40. The number of piperidine rings is 1. The molecule has 1 aromatic rings. The van der Waals surface area contributed by atoms with Gasteiger partial charge in [-0.3, -0.25) is 14.4 Å². The number of carbonyl (C=O) groups excluding carboxylic acids is 1. The molecule has 2 aliphatic rings. The van der Waals surface area contributed by atoms with Gasteiger partial charge in [-0.05, 0) is 32.1 Å². The van der Waals surface area contributed by atoms with Crippen molar-refractivity contribution < 1.29 is 9.53 Å². The summed E-state index contributed by atoms with van der Waals surface area (Å²) >= 11 is 0. The second-order valence-corrected chi connectivity index (χ2v) is 7.14. The first kappa shape index (κ1) is 22.7. The molecule has 0 bridgehead atoms. The molecule has 1 fully saturated rings. The lowest BCUT2D eigenvalue weighted by atomic mass is 9.97. The number of ether oxygens (including phenoxy) is 1. The summed E-state index contributed by atoms with van der Waals surface area (Å²) in [5.74, 6) is 1.63. The third kappa shape index (κ3) is 5.26. The Balaban J connectivity index is 0.00000280. The van der Waals surface area contributed by atoms with E-state index in [-0.39, 0.29) is 41.6 Å². The van der Waals surface area contributed by atoms with Crippen LogP contribution in [0.3, 0.4) is 0 Å². The fraction of sp³-hybridized carbons (Fsp3) is 0.778. The van der Waals surface area contributed by atoms with Crippen LogP contribution in [-0.2, 0) is 29.0 Å². The van der Waals surface area contributed by atoms with Gasteiger partial charge >= 0.3 is 11.7 Å². The Hall–Kier alpha value is -1.59. The van der Waals surface area contributed by atoms with Crippen molar-refractivity contribution in [2.45, 2.75) is 51.6 Å². The van der Waals surface area contributed by atoms with Gasteiger partial charge in [0.2, 0.25) is 0 Å². The summed E-state index contributed by atoms with van der Waals surface area (Å²) < 4.78 is 8.23. The van der Waals surface area contributed by atoms with Crippen molar-refractivity contribution in [3.8, 4) is 0 Å². The van der Waals surface area contributed by atoms with E-state index in [2.05, 4.69) is 20.3 Å².